The number of nitrogens with zero attached hydrogens (tertiary/aromatic N) is 1. The molecule has 0 fully saturated rings. The van der Waals surface area contributed by atoms with Crippen LogP contribution in [0.1, 0.15) is 32.2 Å². The minimum Gasteiger partial charge on any atom is -0.496 e. The lowest BCUT2D eigenvalue weighted by Gasteiger charge is -2.20. The highest BCUT2D eigenvalue weighted by molar-refractivity contribution is 5.68. The fourth-order valence-corrected chi connectivity index (χ4v) is 1.96. The van der Waals surface area contributed by atoms with Crippen LogP contribution in [0.2, 0.25) is 0 Å². The number of rotatable bonds is 3. The summed E-state index contributed by atoms with van der Waals surface area (Å²) in [4.78, 5) is 7.21. The van der Waals surface area contributed by atoms with E-state index in [-0.39, 0.29) is 12.0 Å². The van der Waals surface area contributed by atoms with Crippen molar-refractivity contribution in [3.8, 4) is 17.0 Å². The summed E-state index contributed by atoms with van der Waals surface area (Å²) in [5.41, 5.74) is 3.11. The number of imidazole rings is 1. The second kappa shape index (κ2) is 5.05. The average molecular weight is 260 g/mol. The third kappa shape index (κ3) is 2.79. The van der Waals surface area contributed by atoms with Crippen LogP contribution in [0, 0.1) is 0 Å². The van der Waals surface area contributed by atoms with Gasteiger partial charge in [-0.2, -0.15) is 0 Å². The number of benzene rings is 1. The molecule has 0 aliphatic carbocycles. The minimum atomic E-state index is -0.0960. The topological polar surface area (TPSA) is 58.1 Å². The van der Waals surface area contributed by atoms with Crippen LogP contribution in [0.25, 0.3) is 11.3 Å². The molecule has 4 nitrogen and oxygen atoms in total. The van der Waals surface area contributed by atoms with E-state index in [9.17, 15) is 0 Å². The lowest BCUT2D eigenvalue weighted by atomic mass is 9.86. The summed E-state index contributed by atoms with van der Waals surface area (Å²) in [6.07, 6.45) is 1.72. The second-order valence-electron chi connectivity index (χ2n) is 5.57. The van der Waals surface area contributed by atoms with Gasteiger partial charge in [0.15, 0.2) is 0 Å². The van der Waals surface area contributed by atoms with Crippen LogP contribution < -0.4 is 4.74 Å². The van der Waals surface area contributed by atoms with Gasteiger partial charge in [0.25, 0.3) is 0 Å². The van der Waals surface area contributed by atoms with E-state index in [1.165, 1.54) is 5.56 Å². The number of aromatic amines is 1. The molecule has 0 amide bonds. The quantitative estimate of drug-likeness (QED) is 0.892. The van der Waals surface area contributed by atoms with E-state index < -0.39 is 0 Å². The van der Waals surface area contributed by atoms with Gasteiger partial charge in [0.1, 0.15) is 18.2 Å². The summed E-state index contributed by atoms with van der Waals surface area (Å²) in [5.74, 6) is 1.35. The van der Waals surface area contributed by atoms with Crippen molar-refractivity contribution in [2.75, 3.05) is 7.11 Å². The number of hydrogen-bond acceptors (Lipinski definition) is 3. The van der Waals surface area contributed by atoms with Gasteiger partial charge >= 0.3 is 0 Å². The van der Waals surface area contributed by atoms with E-state index in [2.05, 4.69) is 42.9 Å². The van der Waals surface area contributed by atoms with Gasteiger partial charge in [-0.05, 0) is 23.1 Å². The second-order valence-corrected chi connectivity index (χ2v) is 5.57. The van der Waals surface area contributed by atoms with Crippen molar-refractivity contribution >= 4 is 0 Å². The molecule has 0 saturated carbocycles. The van der Waals surface area contributed by atoms with Gasteiger partial charge in [0.2, 0.25) is 0 Å². The van der Waals surface area contributed by atoms with Crippen LogP contribution >= 0.6 is 0 Å². The lowest BCUT2D eigenvalue weighted by molar-refractivity contribution is 0.272. The molecule has 4 heteroatoms. The Morgan fingerprint density at radius 3 is 2.58 bits per heavy atom. The molecule has 0 aliphatic heterocycles. The molecule has 19 heavy (non-hydrogen) atoms. The number of methoxy groups -OCH3 is 1. The fourth-order valence-electron chi connectivity index (χ4n) is 1.96. The van der Waals surface area contributed by atoms with Gasteiger partial charge in [-0.25, -0.2) is 4.98 Å². The first-order valence-corrected chi connectivity index (χ1v) is 6.29. The van der Waals surface area contributed by atoms with Crippen LogP contribution in [-0.4, -0.2) is 22.2 Å². The number of H-pyrrole nitrogens is 1. The van der Waals surface area contributed by atoms with Crippen molar-refractivity contribution in [3.05, 3.63) is 35.8 Å². The van der Waals surface area contributed by atoms with Gasteiger partial charge in [0.05, 0.1) is 19.0 Å². The molecular weight excluding hydrogens is 240 g/mol. The maximum Gasteiger partial charge on any atom is 0.132 e. The lowest BCUT2D eigenvalue weighted by Crippen LogP contribution is -2.11. The Balaban J connectivity index is 2.53. The molecule has 2 N–H and O–H groups in total. The van der Waals surface area contributed by atoms with Crippen LogP contribution in [0.3, 0.4) is 0 Å². The summed E-state index contributed by atoms with van der Waals surface area (Å²) in [6.45, 7) is 6.42. The zero-order valence-corrected chi connectivity index (χ0v) is 11.8. The smallest absolute Gasteiger partial charge is 0.132 e. The zero-order chi connectivity index (χ0) is 14.0. The maximum absolute atomic E-state index is 9.08. The first-order valence-electron chi connectivity index (χ1n) is 6.29. The van der Waals surface area contributed by atoms with Gasteiger partial charge in [-0.3, -0.25) is 0 Å². The molecule has 0 atom stereocenters. The molecule has 0 radical (unpaired) electrons. The number of nitrogens with one attached hydrogen (secondary N) is 1. The summed E-state index contributed by atoms with van der Waals surface area (Å²) in [5, 5.41) is 9.08. The molecule has 1 aromatic heterocycles. The first kappa shape index (κ1) is 13.6. The Morgan fingerprint density at radius 1 is 1.32 bits per heavy atom. The molecule has 1 aromatic carbocycles. The summed E-state index contributed by atoms with van der Waals surface area (Å²) in [6, 6.07) is 6.15. The van der Waals surface area contributed by atoms with Gasteiger partial charge in [-0.1, -0.05) is 26.8 Å². The van der Waals surface area contributed by atoms with Crippen LogP contribution in [0.5, 0.6) is 5.75 Å². The minimum absolute atomic E-state index is 0.0703. The third-order valence-electron chi connectivity index (χ3n) is 3.13. The molecule has 102 valence electrons. The van der Waals surface area contributed by atoms with Gasteiger partial charge in [-0.15, -0.1) is 0 Å². The highest BCUT2D eigenvalue weighted by Crippen LogP contribution is 2.33. The Bertz CT molecular complexity index is 568. The van der Waals surface area contributed by atoms with E-state index >= 15 is 0 Å². The normalized spacial score (nSPS) is 11.6. The summed E-state index contributed by atoms with van der Waals surface area (Å²) < 4.78 is 5.40. The van der Waals surface area contributed by atoms with E-state index in [4.69, 9.17) is 9.84 Å². The zero-order valence-electron chi connectivity index (χ0n) is 11.8. The summed E-state index contributed by atoms with van der Waals surface area (Å²) in [7, 11) is 1.65. The maximum atomic E-state index is 9.08. The summed E-state index contributed by atoms with van der Waals surface area (Å²) >= 11 is 0. The van der Waals surface area contributed by atoms with Crippen LogP contribution in [0.15, 0.2) is 24.4 Å². The Kier molecular flexibility index (Phi) is 3.62. The third-order valence-corrected chi connectivity index (χ3v) is 3.13. The van der Waals surface area contributed by atoms with Gasteiger partial charge in [0, 0.05) is 5.56 Å². The van der Waals surface area contributed by atoms with Crippen LogP contribution in [-0.2, 0) is 12.0 Å². The molecule has 2 rings (SSSR count). The molecule has 1 heterocycles. The Morgan fingerprint density at radius 2 is 2.05 bits per heavy atom. The van der Waals surface area contributed by atoms with E-state index in [1.807, 2.05) is 6.07 Å². The SMILES string of the molecule is COc1ccc(C(C)(C)C)cc1-c1cnc(CO)[nH]1. The van der Waals surface area contributed by atoms with Crippen LogP contribution in [0.4, 0.5) is 0 Å². The molecule has 0 unspecified atom stereocenters. The first-order chi connectivity index (χ1) is 8.95. The predicted molar refractivity (Wildman–Crippen MR) is 75.2 cm³/mol. The van der Waals surface area contributed by atoms with Crippen molar-refractivity contribution in [1.29, 1.82) is 0 Å². The van der Waals surface area contributed by atoms with E-state index in [1.54, 1.807) is 13.3 Å². The number of ether oxygens (including phenoxy) is 1. The predicted octanol–water partition coefficient (Wildman–Crippen LogP) is 2.88. The molecule has 0 saturated heterocycles. The largest absolute Gasteiger partial charge is 0.496 e. The number of aromatic nitrogens is 2. The standard InChI is InChI=1S/C15H20N2O2/c1-15(2,3)10-5-6-13(19-4)11(7-10)12-8-16-14(9-18)17-12/h5-8,18H,9H2,1-4H3,(H,16,17). The van der Waals surface area contributed by atoms with Crippen molar-refractivity contribution in [2.45, 2.75) is 32.8 Å². The highest BCUT2D eigenvalue weighted by atomic mass is 16.5. The van der Waals surface area contributed by atoms with E-state index in [0.717, 1.165) is 17.0 Å². The molecule has 2 aromatic rings. The highest BCUT2D eigenvalue weighted by Gasteiger charge is 2.17. The van der Waals surface area contributed by atoms with Crippen molar-refractivity contribution in [1.82, 2.24) is 9.97 Å². The molecule has 0 bridgehead atoms. The molecular formula is C15H20N2O2. The fraction of sp³-hybridized carbons (Fsp3) is 0.400. The number of aliphatic hydroxyl groups is 1. The number of hydrogen-bond donors (Lipinski definition) is 2. The van der Waals surface area contributed by atoms with Crippen molar-refractivity contribution in [3.63, 3.8) is 0 Å². The molecule has 0 aliphatic rings. The Labute approximate surface area is 113 Å². The monoisotopic (exact) mass is 260 g/mol. The average Bonchev–Trinajstić information content (AvgIpc) is 2.85. The van der Waals surface area contributed by atoms with Crippen molar-refractivity contribution < 1.29 is 9.84 Å². The van der Waals surface area contributed by atoms with Crippen molar-refractivity contribution in [2.24, 2.45) is 0 Å². The van der Waals surface area contributed by atoms with E-state index in [0.29, 0.717) is 5.82 Å². The molecule has 0 spiro atoms. The van der Waals surface area contributed by atoms with Gasteiger partial charge < -0.3 is 14.8 Å². The Hall–Kier alpha value is -1.81. The number of aliphatic hydroxyl groups excluding tert-OH is 1.